The predicted octanol–water partition coefficient (Wildman–Crippen LogP) is 8.95. The van der Waals surface area contributed by atoms with Crippen LogP contribution in [0.2, 0.25) is 0 Å². The lowest BCUT2D eigenvalue weighted by atomic mass is 10.1. The summed E-state index contributed by atoms with van der Waals surface area (Å²) >= 11 is 1.28. The van der Waals surface area contributed by atoms with Gasteiger partial charge in [-0.2, -0.15) is 0 Å². The lowest BCUT2D eigenvalue weighted by Gasteiger charge is -2.17. The third-order valence-corrected chi connectivity index (χ3v) is 10.7. The summed E-state index contributed by atoms with van der Waals surface area (Å²) < 4.78 is 9.16. The number of rotatable bonds is 14. The first-order valence-corrected chi connectivity index (χ1v) is 19.7. The van der Waals surface area contributed by atoms with Crippen molar-refractivity contribution in [3.05, 3.63) is 214 Å². The third kappa shape index (κ3) is 9.96. The molecule has 1 unspecified atom stereocenters. The Morgan fingerprint density at radius 3 is 2.03 bits per heavy atom. The number of thioether (sulfide) groups is 1. The highest BCUT2D eigenvalue weighted by atomic mass is 32.2. The van der Waals surface area contributed by atoms with Gasteiger partial charge >= 0.3 is 0 Å². The number of hydrogen-bond donors (Lipinski definition) is 3. The Morgan fingerprint density at radius 2 is 1.36 bits per heavy atom. The Morgan fingerprint density at radius 1 is 0.729 bits per heavy atom. The molecule has 3 amide bonds. The van der Waals surface area contributed by atoms with Gasteiger partial charge in [-0.25, -0.2) is 4.68 Å². The van der Waals surface area contributed by atoms with Crippen LogP contribution < -0.4 is 26.2 Å². The molecule has 0 fully saturated rings. The highest BCUT2D eigenvalue weighted by molar-refractivity contribution is 8.00. The fraction of sp³-hybridized carbons (Fsp3) is 0.0833. The van der Waals surface area contributed by atoms with Gasteiger partial charge in [0, 0.05) is 23.2 Å². The second kappa shape index (κ2) is 18.7. The second-order valence-electron chi connectivity index (χ2n) is 13.5. The summed E-state index contributed by atoms with van der Waals surface area (Å²) in [7, 11) is 1.77. The van der Waals surface area contributed by atoms with Crippen LogP contribution in [0.3, 0.4) is 0 Å². The van der Waals surface area contributed by atoms with E-state index in [1.807, 2.05) is 115 Å². The Kier molecular flexibility index (Phi) is 12.6. The summed E-state index contributed by atoms with van der Waals surface area (Å²) in [5, 5.41) is 7.88. The van der Waals surface area contributed by atoms with Crippen LogP contribution in [0.4, 0.5) is 11.4 Å². The van der Waals surface area contributed by atoms with Crippen molar-refractivity contribution in [3.8, 4) is 11.4 Å². The molecule has 0 spiro atoms. The molecule has 3 N–H and O–H groups in total. The molecule has 6 aromatic carbocycles. The highest BCUT2D eigenvalue weighted by Gasteiger charge is 2.26. The van der Waals surface area contributed by atoms with Crippen LogP contribution in [-0.2, 0) is 23.2 Å². The molecule has 1 aromatic heterocycles. The van der Waals surface area contributed by atoms with Crippen molar-refractivity contribution >= 4 is 46.9 Å². The van der Waals surface area contributed by atoms with E-state index in [4.69, 9.17) is 4.74 Å². The maximum absolute atomic E-state index is 14.1. The summed E-state index contributed by atoms with van der Waals surface area (Å²) in [5.41, 5.74) is 4.42. The molecule has 0 aliphatic carbocycles. The number of anilines is 2. The minimum Gasteiger partial charge on any atom is -0.489 e. The summed E-state index contributed by atoms with van der Waals surface area (Å²) in [6, 6.07) is 51.4. The van der Waals surface area contributed by atoms with Crippen molar-refractivity contribution in [2.45, 2.75) is 23.7 Å². The number of ether oxygens (including phenoxy) is 1. The topological polar surface area (TPSA) is 123 Å². The molecule has 59 heavy (non-hydrogen) atoms. The van der Waals surface area contributed by atoms with Crippen molar-refractivity contribution in [1.29, 1.82) is 0 Å². The van der Waals surface area contributed by atoms with Gasteiger partial charge in [-0.15, -0.1) is 11.8 Å². The molecule has 0 aliphatic heterocycles. The molecule has 7 aromatic rings. The molecule has 0 saturated heterocycles. The van der Waals surface area contributed by atoms with Gasteiger partial charge in [-0.05, 0) is 84.3 Å². The summed E-state index contributed by atoms with van der Waals surface area (Å²) in [6.07, 6.45) is 1.60. The van der Waals surface area contributed by atoms with E-state index < -0.39 is 17.1 Å². The Hall–Kier alpha value is -7.37. The van der Waals surface area contributed by atoms with E-state index in [-0.39, 0.29) is 22.9 Å². The third-order valence-electron chi connectivity index (χ3n) is 9.46. The SMILES string of the molecule is Cc1c(NC(=O)C(Sc2cccc(NC(=O)/C(=C\c3ccc(OCc4ccccc4)cc3)NC(=O)c3ccccc3)c2)c2ccccc2)c(=O)n(-c2ccccc2)n1C. The van der Waals surface area contributed by atoms with E-state index >= 15 is 0 Å². The van der Waals surface area contributed by atoms with Crippen molar-refractivity contribution < 1.29 is 19.1 Å². The van der Waals surface area contributed by atoms with Gasteiger partial charge < -0.3 is 20.7 Å². The monoisotopic (exact) mass is 799 g/mol. The minimum atomic E-state index is -0.758. The van der Waals surface area contributed by atoms with E-state index in [9.17, 15) is 19.2 Å². The first kappa shape index (κ1) is 39.8. The highest BCUT2D eigenvalue weighted by Crippen LogP contribution is 2.37. The molecule has 10 nitrogen and oxygen atoms in total. The average molecular weight is 800 g/mol. The van der Waals surface area contributed by atoms with Gasteiger partial charge in [0.1, 0.15) is 29.0 Å². The van der Waals surface area contributed by atoms with Gasteiger partial charge in [0.2, 0.25) is 5.91 Å². The quantitative estimate of drug-likeness (QED) is 0.0746. The van der Waals surface area contributed by atoms with E-state index in [0.717, 1.165) is 11.1 Å². The standard InChI is InChI=1S/C48H41N5O5S/c1-33-43(48(57)53(52(33)2)39-23-13-6-14-24-39)51-47(56)44(36-18-9-4-10-19-36)59-41-25-15-22-38(31-41)49-46(55)42(50-45(54)37-20-11-5-12-21-37)30-34-26-28-40(29-27-34)58-32-35-16-7-3-8-17-35/h3-31,44H,32H2,1-2H3,(H,49,55)(H,50,54)(H,51,56)/b42-30+. The fourth-order valence-electron chi connectivity index (χ4n) is 6.29. The number of hydrogen-bond acceptors (Lipinski definition) is 6. The van der Waals surface area contributed by atoms with Crippen molar-refractivity contribution in [1.82, 2.24) is 14.7 Å². The summed E-state index contributed by atoms with van der Waals surface area (Å²) in [5.74, 6) is -0.718. The van der Waals surface area contributed by atoms with Crippen LogP contribution in [0.25, 0.3) is 11.8 Å². The second-order valence-corrected chi connectivity index (χ2v) is 14.7. The van der Waals surface area contributed by atoms with Gasteiger partial charge in [-0.3, -0.25) is 23.9 Å². The average Bonchev–Trinajstić information content (AvgIpc) is 3.48. The van der Waals surface area contributed by atoms with Gasteiger partial charge in [0.05, 0.1) is 11.4 Å². The van der Waals surface area contributed by atoms with E-state index in [0.29, 0.717) is 45.4 Å². The zero-order valence-electron chi connectivity index (χ0n) is 32.4. The van der Waals surface area contributed by atoms with Gasteiger partial charge in [0.15, 0.2) is 0 Å². The van der Waals surface area contributed by atoms with Crippen LogP contribution in [0, 0.1) is 6.92 Å². The number of para-hydroxylation sites is 1. The molecule has 0 radical (unpaired) electrons. The molecule has 1 heterocycles. The molecular formula is C48H41N5O5S. The van der Waals surface area contributed by atoms with Crippen LogP contribution in [0.1, 0.15) is 38.0 Å². The number of amides is 3. The Bertz CT molecular complexity index is 2640. The lowest BCUT2D eigenvalue weighted by Crippen LogP contribution is -2.30. The predicted molar refractivity (Wildman–Crippen MR) is 234 cm³/mol. The van der Waals surface area contributed by atoms with Gasteiger partial charge in [-0.1, -0.05) is 115 Å². The lowest BCUT2D eigenvalue weighted by molar-refractivity contribution is -0.116. The first-order chi connectivity index (χ1) is 28.7. The first-order valence-electron chi connectivity index (χ1n) is 18.9. The molecule has 0 saturated carbocycles. The van der Waals surface area contributed by atoms with Crippen LogP contribution in [0.5, 0.6) is 5.75 Å². The summed E-state index contributed by atoms with van der Waals surface area (Å²) in [4.78, 5) is 55.7. The molecule has 0 bridgehead atoms. The molecule has 294 valence electrons. The van der Waals surface area contributed by atoms with Crippen LogP contribution in [-0.4, -0.2) is 27.1 Å². The largest absolute Gasteiger partial charge is 0.489 e. The number of aromatic nitrogens is 2. The molecular weight excluding hydrogens is 759 g/mol. The summed E-state index contributed by atoms with van der Waals surface area (Å²) in [6.45, 7) is 2.20. The number of nitrogens with one attached hydrogen (secondary N) is 3. The molecule has 7 rings (SSSR count). The molecule has 1 atom stereocenters. The fourth-order valence-corrected chi connectivity index (χ4v) is 7.38. The number of carbonyl (C=O) groups excluding carboxylic acids is 3. The van der Waals surface area contributed by atoms with Crippen molar-refractivity contribution in [3.63, 3.8) is 0 Å². The normalized spacial score (nSPS) is 11.7. The Labute approximate surface area is 346 Å². The number of benzene rings is 6. The smallest absolute Gasteiger partial charge is 0.295 e. The van der Waals surface area contributed by atoms with Crippen LogP contribution in [0.15, 0.2) is 185 Å². The van der Waals surface area contributed by atoms with Crippen molar-refractivity contribution in [2.24, 2.45) is 7.05 Å². The minimum absolute atomic E-state index is 0.0239. The maximum atomic E-state index is 14.1. The van der Waals surface area contributed by atoms with Crippen molar-refractivity contribution in [2.75, 3.05) is 10.6 Å². The zero-order valence-corrected chi connectivity index (χ0v) is 33.2. The number of carbonyl (C=O) groups is 3. The molecule has 11 heteroatoms. The van der Waals surface area contributed by atoms with Crippen LogP contribution >= 0.6 is 11.8 Å². The van der Waals surface area contributed by atoms with Gasteiger partial charge in [0.25, 0.3) is 17.4 Å². The maximum Gasteiger partial charge on any atom is 0.295 e. The van der Waals surface area contributed by atoms with E-state index in [1.54, 1.807) is 79.3 Å². The molecule has 0 aliphatic rings. The van der Waals surface area contributed by atoms with E-state index in [2.05, 4.69) is 16.0 Å². The Balaban J connectivity index is 1.11. The van der Waals surface area contributed by atoms with E-state index in [1.165, 1.54) is 16.4 Å². The zero-order chi connectivity index (χ0) is 41.1. The number of nitrogens with zero attached hydrogens (tertiary/aromatic N) is 2.